The van der Waals surface area contributed by atoms with Crippen LogP contribution in [0, 0.1) is 0 Å². The lowest BCUT2D eigenvalue weighted by atomic mass is 10.2. The molecule has 0 aliphatic carbocycles. The van der Waals surface area contributed by atoms with E-state index < -0.39 is 0 Å². The van der Waals surface area contributed by atoms with Crippen molar-refractivity contribution >= 4 is 11.8 Å². The van der Waals surface area contributed by atoms with Crippen LogP contribution in [0.1, 0.15) is 20.8 Å². The first-order valence-corrected chi connectivity index (χ1v) is 6.10. The summed E-state index contributed by atoms with van der Waals surface area (Å²) in [6.45, 7) is 6.07. The molecule has 0 N–H and O–H groups in total. The largest absolute Gasteiger partial charge is 0.493 e. The fraction of sp³-hybridized carbons (Fsp3) is 0.500. The van der Waals surface area contributed by atoms with Gasteiger partial charge in [-0.15, -0.1) is 11.8 Å². The molecular formula is C12H18O2S. The average Bonchev–Trinajstić information content (AvgIpc) is 2.16. The molecule has 2 nitrogen and oxygen atoms in total. The number of hydrogen-bond donors (Lipinski definition) is 0. The highest BCUT2D eigenvalue weighted by atomic mass is 32.2. The Labute approximate surface area is 96.0 Å². The van der Waals surface area contributed by atoms with Gasteiger partial charge in [-0.25, -0.2) is 0 Å². The van der Waals surface area contributed by atoms with Gasteiger partial charge < -0.3 is 9.47 Å². The maximum atomic E-state index is 5.79. The molecule has 0 saturated carbocycles. The molecule has 0 atom stereocenters. The number of hydrogen-bond acceptors (Lipinski definition) is 3. The van der Waals surface area contributed by atoms with Crippen LogP contribution in [0.5, 0.6) is 11.5 Å². The summed E-state index contributed by atoms with van der Waals surface area (Å²) in [7, 11) is 1.66. The normalized spacial score (nSPS) is 11.3. The van der Waals surface area contributed by atoms with Crippen LogP contribution >= 0.6 is 11.8 Å². The minimum atomic E-state index is -0.200. The van der Waals surface area contributed by atoms with E-state index in [0.29, 0.717) is 0 Å². The topological polar surface area (TPSA) is 18.5 Å². The summed E-state index contributed by atoms with van der Waals surface area (Å²) in [6, 6.07) is 5.98. The van der Waals surface area contributed by atoms with Gasteiger partial charge in [-0.1, -0.05) is 0 Å². The molecule has 0 spiro atoms. The summed E-state index contributed by atoms with van der Waals surface area (Å²) in [5, 5.41) is 0. The molecule has 0 amide bonds. The van der Waals surface area contributed by atoms with E-state index in [1.807, 2.05) is 45.2 Å². The molecule has 0 saturated heterocycles. The lowest BCUT2D eigenvalue weighted by Gasteiger charge is -2.22. The third-order valence-electron chi connectivity index (χ3n) is 1.79. The highest BCUT2D eigenvalue weighted by Gasteiger charge is 2.15. The summed E-state index contributed by atoms with van der Waals surface area (Å²) >= 11 is 1.69. The first-order valence-electron chi connectivity index (χ1n) is 4.87. The number of rotatable bonds is 3. The Kier molecular flexibility index (Phi) is 3.91. The van der Waals surface area contributed by atoms with Crippen molar-refractivity contribution in [1.82, 2.24) is 0 Å². The molecule has 1 aromatic carbocycles. The van der Waals surface area contributed by atoms with Gasteiger partial charge in [0.1, 0.15) is 5.60 Å². The standard InChI is InChI=1S/C12H18O2S/c1-12(2,3)14-10-7-6-9(15-5)8-11(10)13-4/h6-8H,1-5H3. The van der Waals surface area contributed by atoms with E-state index in [2.05, 4.69) is 0 Å². The molecular weight excluding hydrogens is 208 g/mol. The summed E-state index contributed by atoms with van der Waals surface area (Å²) in [4.78, 5) is 1.17. The van der Waals surface area contributed by atoms with Gasteiger partial charge in [0, 0.05) is 4.90 Å². The van der Waals surface area contributed by atoms with Crippen molar-refractivity contribution in [2.24, 2.45) is 0 Å². The molecule has 0 fully saturated rings. The van der Waals surface area contributed by atoms with Crippen molar-refractivity contribution in [2.45, 2.75) is 31.3 Å². The van der Waals surface area contributed by atoms with E-state index in [-0.39, 0.29) is 5.60 Å². The van der Waals surface area contributed by atoms with Gasteiger partial charge in [0.15, 0.2) is 11.5 Å². The average molecular weight is 226 g/mol. The summed E-state index contributed by atoms with van der Waals surface area (Å²) in [6.07, 6.45) is 2.04. The lowest BCUT2D eigenvalue weighted by molar-refractivity contribution is 0.125. The minimum Gasteiger partial charge on any atom is -0.493 e. The van der Waals surface area contributed by atoms with E-state index in [1.165, 1.54) is 4.90 Å². The third kappa shape index (κ3) is 3.67. The van der Waals surface area contributed by atoms with Crippen LogP contribution in [-0.2, 0) is 0 Å². The Morgan fingerprint density at radius 3 is 2.27 bits per heavy atom. The molecule has 15 heavy (non-hydrogen) atoms. The fourth-order valence-electron chi connectivity index (χ4n) is 1.19. The predicted octanol–water partition coefficient (Wildman–Crippen LogP) is 3.59. The molecule has 1 rings (SSSR count). The van der Waals surface area contributed by atoms with Crippen LogP contribution < -0.4 is 9.47 Å². The monoisotopic (exact) mass is 226 g/mol. The first kappa shape index (κ1) is 12.2. The van der Waals surface area contributed by atoms with E-state index in [1.54, 1.807) is 18.9 Å². The smallest absolute Gasteiger partial charge is 0.162 e. The Hall–Kier alpha value is -0.830. The zero-order chi connectivity index (χ0) is 11.5. The Bertz CT molecular complexity index is 329. The second kappa shape index (κ2) is 4.79. The second-order valence-electron chi connectivity index (χ2n) is 4.23. The maximum Gasteiger partial charge on any atom is 0.162 e. The van der Waals surface area contributed by atoms with Crippen molar-refractivity contribution in [3.63, 3.8) is 0 Å². The van der Waals surface area contributed by atoms with Crippen LogP contribution in [0.4, 0.5) is 0 Å². The van der Waals surface area contributed by atoms with E-state index in [4.69, 9.17) is 9.47 Å². The van der Waals surface area contributed by atoms with Gasteiger partial charge in [-0.3, -0.25) is 0 Å². The third-order valence-corrected chi connectivity index (χ3v) is 2.51. The van der Waals surface area contributed by atoms with Gasteiger partial charge in [0.05, 0.1) is 7.11 Å². The number of benzene rings is 1. The van der Waals surface area contributed by atoms with Gasteiger partial charge in [0.25, 0.3) is 0 Å². The first-order chi connectivity index (χ1) is 6.96. The molecule has 0 aromatic heterocycles. The predicted molar refractivity (Wildman–Crippen MR) is 65.2 cm³/mol. The molecule has 0 unspecified atom stereocenters. The van der Waals surface area contributed by atoms with E-state index in [9.17, 15) is 0 Å². The molecule has 84 valence electrons. The highest BCUT2D eigenvalue weighted by Crippen LogP contribution is 2.33. The lowest BCUT2D eigenvalue weighted by Crippen LogP contribution is -2.23. The maximum absolute atomic E-state index is 5.79. The number of ether oxygens (including phenoxy) is 2. The fourth-order valence-corrected chi connectivity index (χ4v) is 1.62. The Morgan fingerprint density at radius 1 is 1.13 bits per heavy atom. The summed E-state index contributed by atoms with van der Waals surface area (Å²) in [5.41, 5.74) is -0.200. The quantitative estimate of drug-likeness (QED) is 0.734. The molecule has 1 aromatic rings. The van der Waals surface area contributed by atoms with Crippen molar-refractivity contribution in [3.05, 3.63) is 18.2 Å². The van der Waals surface area contributed by atoms with Gasteiger partial charge in [-0.05, 0) is 45.2 Å². The molecule has 0 heterocycles. The molecule has 3 heteroatoms. The van der Waals surface area contributed by atoms with E-state index in [0.717, 1.165) is 11.5 Å². The molecule has 0 aliphatic heterocycles. The zero-order valence-corrected chi connectivity index (χ0v) is 10.8. The van der Waals surface area contributed by atoms with Crippen LogP contribution in [-0.4, -0.2) is 19.0 Å². The van der Waals surface area contributed by atoms with Crippen LogP contribution in [0.25, 0.3) is 0 Å². The SMILES string of the molecule is COc1cc(SC)ccc1OC(C)(C)C. The zero-order valence-electron chi connectivity index (χ0n) is 9.96. The van der Waals surface area contributed by atoms with E-state index >= 15 is 0 Å². The van der Waals surface area contributed by atoms with Crippen molar-refractivity contribution in [2.75, 3.05) is 13.4 Å². The minimum absolute atomic E-state index is 0.200. The Balaban J connectivity index is 2.97. The molecule has 0 radical (unpaired) electrons. The van der Waals surface area contributed by atoms with Crippen molar-refractivity contribution < 1.29 is 9.47 Å². The second-order valence-corrected chi connectivity index (χ2v) is 5.11. The number of methoxy groups -OCH3 is 1. The molecule has 0 bridgehead atoms. The number of thioether (sulfide) groups is 1. The highest BCUT2D eigenvalue weighted by molar-refractivity contribution is 7.98. The van der Waals surface area contributed by atoms with Gasteiger partial charge in [-0.2, -0.15) is 0 Å². The van der Waals surface area contributed by atoms with Crippen LogP contribution in [0.3, 0.4) is 0 Å². The van der Waals surface area contributed by atoms with Gasteiger partial charge in [0.2, 0.25) is 0 Å². The van der Waals surface area contributed by atoms with Crippen molar-refractivity contribution in [1.29, 1.82) is 0 Å². The van der Waals surface area contributed by atoms with Crippen LogP contribution in [0.15, 0.2) is 23.1 Å². The van der Waals surface area contributed by atoms with Gasteiger partial charge >= 0.3 is 0 Å². The molecule has 0 aliphatic rings. The summed E-state index contributed by atoms with van der Waals surface area (Å²) in [5.74, 6) is 1.58. The van der Waals surface area contributed by atoms with Crippen LogP contribution in [0.2, 0.25) is 0 Å². The summed E-state index contributed by atoms with van der Waals surface area (Å²) < 4.78 is 11.1. The van der Waals surface area contributed by atoms with Crippen molar-refractivity contribution in [3.8, 4) is 11.5 Å². The Morgan fingerprint density at radius 2 is 1.80 bits per heavy atom.